The number of aromatic nitrogens is 1. The molecule has 6 heteroatoms. The highest BCUT2D eigenvalue weighted by Crippen LogP contribution is 2.25. The van der Waals surface area contributed by atoms with E-state index in [0.717, 1.165) is 18.8 Å². The van der Waals surface area contributed by atoms with E-state index >= 15 is 0 Å². The summed E-state index contributed by atoms with van der Waals surface area (Å²) in [5.41, 5.74) is 0.439. The Morgan fingerprint density at radius 3 is 2.91 bits per heavy atom. The molecular formula is C17H21N3O3. The van der Waals surface area contributed by atoms with Crippen molar-refractivity contribution < 1.29 is 13.9 Å². The van der Waals surface area contributed by atoms with Crippen LogP contribution in [-0.4, -0.2) is 42.5 Å². The summed E-state index contributed by atoms with van der Waals surface area (Å²) in [6, 6.07) is 7.32. The Balaban J connectivity index is 1.70. The Bertz CT molecular complexity index is 636. The highest BCUT2D eigenvalue weighted by atomic mass is 16.5. The van der Waals surface area contributed by atoms with E-state index in [4.69, 9.17) is 9.15 Å². The third-order valence-electron chi connectivity index (χ3n) is 4.12. The van der Waals surface area contributed by atoms with Gasteiger partial charge in [-0.3, -0.25) is 9.69 Å². The largest absolute Gasteiger partial charge is 0.480 e. The predicted molar refractivity (Wildman–Crippen MR) is 85.4 cm³/mol. The van der Waals surface area contributed by atoms with Crippen LogP contribution in [0, 0.1) is 0 Å². The Morgan fingerprint density at radius 1 is 1.39 bits per heavy atom. The molecule has 0 spiro atoms. The van der Waals surface area contributed by atoms with Crippen molar-refractivity contribution in [2.24, 2.45) is 0 Å². The Hall–Kier alpha value is -2.34. The van der Waals surface area contributed by atoms with Crippen LogP contribution in [0.2, 0.25) is 0 Å². The summed E-state index contributed by atoms with van der Waals surface area (Å²) in [6.07, 6.45) is 5.64. The maximum atomic E-state index is 12.4. The highest BCUT2D eigenvalue weighted by Gasteiger charge is 2.26. The normalized spacial score (nSPS) is 16.2. The van der Waals surface area contributed by atoms with Crippen molar-refractivity contribution in [3.8, 4) is 5.88 Å². The summed E-state index contributed by atoms with van der Waals surface area (Å²) in [5.74, 6) is 1.02. The zero-order valence-corrected chi connectivity index (χ0v) is 13.2. The third kappa shape index (κ3) is 3.53. The fraction of sp³-hybridized carbons (Fsp3) is 0.412. The minimum atomic E-state index is -0.189. The van der Waals surface area contributed by atoms with Crippen molar-refractivity contribution in [3.05, 3.63) is 48.0 Å². The zero-order chi connectivity index (χ0) is 16.1. The van der Waals surface area contributed by atoms with Crippen molar-refractivity contribution in [2.75, 3.05) is 26.7 Å². The van der Waals surface area contributed by atoms with Crippen LogP contribution >= 0.6 is 0 Å². The molecule has 0 bridgehead atoms. The number of amides is 1. The van der Waals surface area contributed by atoms with Gasteiger partial charge in [-0.2, -0.15) is 0 Å². The summed E-state index contributed by atoms with van der Waals surface area (Å²) in [7, 11) is 1.51. The van der Waals surface area contributed by atoms with Gasteiger partial charge in [-0.15, -0.1) is 0 Å². The number of hydrogen-bond acceptors (Lipinski definition) is 5. The smallest absolute Gasteiger partial charge is 0.256 e. The summed E-state index contributed by atoms with van der Waals surface area (Å²) in [5, 5.41) is 2.98. The number of likely N-dealkylation sites (tertiary alicyclic amines) is 1. The second-order valence-electron chi connectivity index (χ2n) is 5.54. The molecule has 2 aromatic heterocycles. The first-order valence-electron chi connectivity index (χ1n) is 7.84. The molecule has 0 aromatic carbocycles. The maximum absolute atomic E-state index is 12.4. The lowest BCUT2D eigenvalue weighted by molar-refractivity contribution is 0.0930. The molecule has 6 nitrogen and oxygen atoms in total. The average Bonchev–Trinajstić information content (AvgIpc) is 3.29. The molecule has 0 saturated carbocycles. The van der Waals surface area contributed by atoms with Crippen LogP contribution in [0.5, 0.6) is 5.88 Å². The van der Waals surface area contributed by atoms with Crippen molar-refractivity contribution in [3.63, 3.8) is 0 Å². The van der Waals surface area contributed by atoms with Gasteiger partial charge >= 0.3 is 0 Å². The maximum Gasteiger partial charge on any atom is 0.256 e. The molecule has 1 aliphatic heterocycles. The molecule has 3 heterocycles. The molecule has 1 amide bonds. The first-order valence-corrected chi connectivity index (χ1v) is 7.84. The summed E-state index contributed by atoms with van der Waals surface area (Å²) in [4.78, 5) is 18.8. The highest BCUT2D eigenvalue weighted by molar-refractivity contribution is 5.96. The number of ether oxygens (including phenoxy) is 1. The molecule has 0 unspecified atom stereocenters. The molecule has 1 aliphatic rings. The van der Waals surface area contributed by atoms with Gasteiger partial charge in [-0.1, -0.05) is 0 Å². The van der Waals surface area contributed by atoms with E-state index in [2.05, 4.69) is 15.2 Å². The van der Waals surface area contributed by atoms with Gasteiger partial charge in [0.25, 0.3) is 5.91 Å². The second-order valence-corrected chi connectivity index (χ2v) is 5.54. The number of pyridine rings is 1. The van der Waals surface area contributed by atoms with E-state index < -0.39 is 0 Å². The van der Waals surface area contributed by atoms with Crippen LogP contribution < -0.4 is 10.1 Å². The second kappa shape index (κ2) is 7.28. The first-order chi connectivity index (χ1) is 11.3. The van der Waals surface area contributed by atoms with Crippen molar-refractivity contribution in [2.45, 2.75) is 18.9 Å². The van der Waals surface area contributed by atoms with Crippen LogP contribution in [-0.2, 0) is 0 Å². The van der Waals surface area contributed by atoms with Gasteiger partial charge in [0.1, 0.15) is 11.3 Å². The molecule has 23 heavy (non-hydrogen) atoms. The van der Waals surface area contributed by atoms with Crippen LogP contribution in [0.4, 0.5) is 0 Å². The van der Waals surface area contributed by atoms with Gasteiger partial charge in [0.2, 0.25) is 5.88 Å². The van der Waals surface area contributed by atoms with Gasteiger partial charge < -0.3 is 14.5 Å². The molecule has 1 N–H and O–H groups in total. The van der Waals surface area contributed by atoms with Gasteiger partial charge in [0.05, 0.1) is 19.4 Å². The quantitative estimate of drug-likeness (QED) is 0.885. The lowest BCUT2D eigenvalue weighted by Gasteiger charge is -2.26. The zero-order valence-electron chi connectivity index (χ0n) is 13.2. The van der Waals surface area contributed by atoms with Crippen LogP contribution in [0.15, 0.2) is 41.1 Å². The average molecular weight is 315 g/mol. The van der Waals surface area contributed by atoms with Gasteiger partial charge in [0, 0.05) is 12.7 Å². The van der Waals surface area contributed by atoms with Crippen LogP contribution in [0.1, 0.15) is 35.0 Å². The first kappa shape index (κ1) is 15.6. The predicted octanol–water partition coefficient (Wildman–Crippen LogP) is 2.25. The molecule has 122 valence electrons. The van der Waals surface area contributed by atoms with Gasteiger partial charge in [-0.05, 0) is 50.2 Å². The summed E-state index contributed by atoms with van der Waals surface area (Å²) >= 11 is 0. The molecule has 1 atom stereocenters. The van der Waals surface area contributed by atoms with Gasteiger partial charge in [0.15, 0.2) is 0 Å². The summed E-state index contributed by atoms with van der Waals surface area (Å²) in [6.45, 7) is 2.54. The lowest BCUT2D eigenvalue weighted by atomic mass is 10.2. The molecule has 2 aromatic rings. The number of carbonyl (C=O) groups excluding carboxylic acids is 1. The molecule has 1 fully saturated rings. The van der Waals surface area contributed by atoms with E-state index in [0.29, 0.717) is 18.0 Å². The number of furan rings is 1. The SMILES string of the molecule is COc1ncccc1C(=O)NC[C@@H](c1ccco1)N1CCCC1. The van der Waals surface area contributed by atoms with E-state index in [1.54, 1.807) is 24.6 Å². The molecule has 0 aliphatic carbocycles. The molecular weight excluding hydrogens is 294 g/mol. The Labute approximate surface area is 135 Å². The standard InChI is InChI=1S/C17H21N3O3/c1-22-17-13(6-4-8-18-17)16(21)19-12-14(15-7-5-11-23-15)20-9-2-3-10-20/h4-8,11,14H,2-3,9-10,12H2,1H3,(H,19,21)/t14-/m0/s1. The minimum absolute atomic E-state index is 0.0547. The number of nitrogens with one attached hydrogen (secondary N) is 1. The fourth-order valence-electron chi connectivity index (χ4n) is 2.95. The number of carbonyl (C=O) groups is 1. The number of methoxy groups -OCH3 is 1. The number of nitrogens with zero attached hydrogens (tertiary/aromatic N) is 2. The molecule has 1 saturated heterocycles. The van der Waals surface area contributed by atoms with E-state index in [-0.39, 0.29) is 11.9 Å². The number of hydrogen-bond donors (Lipinski definition) is 1. The van der Waals surface area contributed by atoms with E-state index in [1.165, 1.54) is 20.0 Å². The molecule has 3 rings (SSSR count). The Morgan fingerprint density at radius 2 is 2.22 bits per heavy atom. The van der Waals surface area contributed by atoms with Crippen molar-refractivity contribution in [1.82, 2.24) is 15.2 Å². The summed E-state index contributed by atoms with van der Waals surface area (Å²) < 4.78 is 10.7. The van der Waals surface area contributed by atoms with E-state index in [1.807, 2.05) is 12.1 Å². The van der Waals surface area contributed by atoms with Crippen molar-refractivity contribution >= 4 is 5.91 Å². The van der Waals surface area contributed by atoms with Crippen molar-refractivity contribution in [1.29, 1.82) is 0 Å². The lowest BCUT2D eigenvalue weighted by Crippen LogP contribution is -2.36. The topological polar surface area (TPSA) is 67.6 Å². The third-order valence-corrected chi connectivity index (χ3v) is 4.12. The minimum Gasteiger partial charge on any atom is -0.480 e. The number of rotatable bonds is 6. The van der Waals surface area contributed by atoms with Gasteiger partial charge in [-0.25, -0.2) is 4.98 Å². The monoisotopic (exact) mass is 315 g/mol. The fourth-order valence-corrected chi connectivity index (χ4v) is 2.95. The van der Waals surface area contributed by atoms with Crippen LogP contribution in [0.3, 0.4) is 0 Å². The molecule has 0 radical (unpaired) electrons. The van der Waals surface area contributed by atoms with E-state index in [9.17, 15) is 4.79 Å². The van der Waals surface area contributed by atoms with Crippen LogP contribution in [0.25, 0.3) is 0 Å². The Kier molecular flexibility index (Phi) is 4.92.